The Hall–Kier alpha value is -2.37. The molecule has 1 saturated heterocycles. The van der Waals surface area contributed by atoms with Gasteiger partial charge in [0.25, 0.3) is 0 Å². The van der Waals surface area contributed by atoms with Crippen LogP contribution in [0, 0.1) is 0 Å². The van der Waals surface area contributed by atoms with Crippen LogP contribution in [0.25, 0.3) is 11.0 Å². The lowest BCUT2D eigenvalue weighted by Gasteiger charge is -2.20. The second kappa shape index (κ2) is 6.60. The molecular formula is C16H20N4O2. The molecule has 116 valence electrons. The van der Waals surface area contributed by atoms with Gasteiger partial charge in [-0.2, -0.15) is 0 Å². The van der Waals surface area contributed by atoms with Gasteiger partial charge in [0, 0.05) is 26.1 Å². The first-order valence-electron chi connectivity index (χ1n) is 7.71. The van der Waals surface area contributed by atoms with Crippen LogP contribution in [0.4, 0.5) is 11.6 Å². The van der Waals surface area contributed by atoms with E-state index in [1.165, 1.54) is 12.8 Å². The quantitative estimate of drug-likeness (QED) is 0.798. The van der Waals surface area contributed by atoms with E-state index in [2.05, 4.69) is 15.2 Å². The number of para-hydroxylation sites is 2. The first-order valence-corrected chi connectivity index (χ1v) is 7.71. The number of fused-ring (bicyclic) bond motifs is 1. The van der Waals surface area contributed by atoms with Crippen molar-refractivity contribution in [3.05, 3.63) is 24.3 Å². The fraction of sp³-hybridized carbons (Fsp3) is 0.438. The van der Waals surface area contributed by atoms with Crippen LogP contribution in [0.5, 0.6) is 0 Å². The molecule has 0 aliphatic carbocycles. The monoisotopic (exact) mass is 300 g/mol. The fourth-order valence-corrected chi connectivity index (χ4v) is 2.71. The predicted octanol–water partition coefficient (Wildman–Crippen LogP) is 2.51. The molecule has 0 radical (unpaired) electrons. The lowest BCUT2D eigenvalue weighted by molar-refractivity contribution is -0.137. The molecule has 6 heteroatoms. The molecule has 2 heterocycles. The number of hydrogen-bond acceptors (Lipinski definition) is 5. The average molecular weight is 300 g/mol. The number of carbonyl (C=O) groups is 1. The van der Waals surface area contributed by atoms with Gasteiger partial charge in [0.05, 0.1) is 11.0 Å². The molecular weight excluding hydrogens is 280 g/mol. The maximum absolute atomic E-state index is 10.6. The molecule has 6 nitrogen and oxygen atoms in total. The molecule has 1 aromatic heterocycles. The number of nitrogens with zero attached hydrogens (tertiary/aromatic N) is 3. The topological polar surface area (TPSA) is 78.3 Å². The van der Waals surface area contributed by atoms with Crippen LogP contribution in [-0.2, 0) is 4.79 Å². The normalized spacial score (nSPS) is 14.5. The highest BCUT2D eigenvalue weighted by Crippen LogP contribution is 2.27. The highest BCUT2D eigenvalue weighted by molar-refractivity contribution is 5.80. The summed E-state index contributed by atoms with van der Waals surface area (Å²) in [6.07, 6.45) is 3.08. The minimum absolute atomic E-state index is 0.160. The second-order valence-corrected chi connectivity index (χ2v) is 5.50. The van der Waals surface area contributed by atoms with Crippen molar-refractivity contribution >= 4 is 28.6 Å². The molecule has 3 rings (SSSR count). The van der Waals surface area contributed by atoms with E-state index >= 15 is 0 Å². The summed E-state index contributed by atoms with van der Waals surface area (Å²) in [5, 5.41) is 12.0. The summed E-state index contributed by atoms with van der Waals surface area (Å²) in [6, 6.07) is 7.82. The number of carboxylic acids is 1. The van der Waals surface area contributed by atoms with Crippen molar-refractivity contribution in [2.75, 3.05) is 29.9 Å². The number of benzene rings is 1. The molecule has 2 N–H and O–H groups in total. The lowest BCUT2D eigenvalue weighted by Crippen LogP contribution is -2.22. The van der Waals surface area contributed by atoms with E-state index in [0.717, 1.165) is 35.8 Å². The maximum atomic E-state index is 10.6. The number of hydrogen-bond donors (Lipinski definition) is 2. The van der Waals surface area contributed by atoms with Crippen LogP contribution in [0.15, 0.2) is 24.3 Å². The molecule has 1 fully saturated rings. The van der Waals surface area contributed by atoms with Crippen molar-refractivity contribution in [1.29, 1.82) is 0 Å². The Morgan fingerprint density at radius 1 is 1.18 bits per heavy atom. The van der Waals surface area contributed by atoms with E-state index in [-0.39, 0.29) is 6.42 Å². The molecule has 0 saturated carbocycles. The number of carboxylic acid groups (broad SMARTS) is 1. The van der Waals surface area contributed by atoms with Crippen molar-refractivity contribution in [2.45, 2.75) is 25.7 Å². The molecule has 1 aromatic carbocycles. The minimum atomic E-state index is -0.772. The number of nitrogens with one attached hydrogen (secondary N) is 1. The van der Waals surface area contributed by atoms with E-state index < -0.39 is 5.97 Å². The molecule has 0 bridgehead atoms. The highest BCUT2D eigenvalue weighted by atomic mass is 16.4. The molecule has 1 aliphatic heterocycles. The van der Waals surface area contributed by atoms with E-state index in [4.69, 9.17) is 10.1 Å². The predicted molar refractivity (Wildman–Crippen MR) is 86.3 cm³/mol. The Balaban J connectivity index is 1.84. The number of aromatic nitrogens is 2. The number of anilines is 2. The fourth-order valence-electron chi connectivity index (χ4n) is 2.71. The van der Waals surface area contributed by atoms with Crippen molar-refractivity contribution in [2.24, 2.45) is 0 Å². The lowest BCUT2D eigenvalue weighted by atomic mass is 10.3. The van der Waals surface area contributed by atoms with Crippen molar-refractivity contribution < 1.29 is 9.90 Å². The number of rotatable bonds is 6. The van der Waals surface area contributed by atoms with Gasteiger partial charge < -0.3 is 15.3 Å². The Morgan fingerprint density at radius 2 is 1.86 bits per heavy atom. The largest absolute Gasteiger partial charge is 0.481 e. The minimum Gasteiger partial charge on any atom is -0.481 e. The Labute approximate surface area is 129 Å². The standard InChI is InChI=1S/C16H20N4O2/c21-14(22)8-5-9-17-15-16(20-10-3-4-11-20)19-13-7-2-1-6-12(13)18-15/h1-2,6-7H,3-5,8-11H2,(H,17,18)(H,21,22). The first-order chi connectivity index (χ1) is 10.7. The second-order valence-electron chi connectivity index (χ2n) is 5.50. The van der Waals surface area contributed by atoms with E-state index in [1.807, 2.05) is 24.3 Å². The molecule has 0 spiro atoms. The van der Waals surface area contributed by atoms with Crippen molar-refractivity contribution in [3.63, 3.8) is 0 Å². The Bertz CT molecular complexity index is 668. The zero-order valence-electron chi connectivity index (χ0n) is 12.5. The van der Waals surface area contributed by atoms with Crippen molar-refractivity contribution in [1.82, 2.24) is 9.97 Å². The third kappa shape index (κ3) is 3.27. The molecule has 2 aromatic rings. The van der Waals surface area contributed by atoms with Gasteiger partial charge in [-0.3, -0.25) is 4.79 Å². The molecule has 22 heavy (non-hydrogen) atoms. The highest BCUT2D eigenvalue weighted by Gasteiger charge is 2.19. The summed E-state index contributed by atoms with van der Waals surface area (Å²) >= 11 is 0. The summed E-state index contributed by atoms with van der Waals surface area (Å²) in [5.74, 6) is 0.865. The van der Waals surface area contributed by atoms with Gasteiger partial charge in [-0.1, -0.05) is 12.1 Å². The SMILES string of the molecule is O=C(O)CCCNc1nc2ccccc2nc1N1CCCC1. The van der Waals surface area contributed by atoms with Crippen LogP contribution < -0.4 is 10.2 Å². The zero-order valence-corrected chi connectivity index (χ0v) is 12.5. The molecule has 1 aliphatic rings. The third-order valence-corrected chi connectivity index (χ3v) is 3.82. The van der Waals surface area contributed by atoms with E-state index in [0.29, 0.717) is 13.0 Å². The van der Waals surface area contributed by atoms with Crippen LogP contribution in [0.2, 0.25) is 0 Å². The molecule has 0 atom stereocenters. The molecule has 0 unspecified atom stereocenters. The van der Waals surface area contributed by atoms with Gasteiger partial charge in [-0.25, -0.2) is 9.97 Å². The zero-order chi connectivity index (χ0) is 15.4. The summed E-state index contributed by atoms with van der Waals surface area (Å²) in [4.78, 5) is 22.3. The summed E-state index contributed by atoms with van der Waals surface area (Å²) in [6.45, 7) is 2.58. The number of aliphatic carboxylic acids is 1. The van der Waals surface area contributed by atoms with Crippen LogP contribution in [-0.4, -0.2) is 40.7 Å². The van der Waals surface area contributed by atoms with Gasteiger partial charge in [0.15, 0.2) is 11.6 Å². The first kappa shape index (κ1) is 14.6. The van der Waals surface area contributed by atoms with Gasteiger partial charge in [0.1, 0.15) is 0 Å². The Morgan fingerprint density at radius 3 is 2.55 bits per heavy atom. The van der Waals surface area contributed by atoms with E-state index in [1.54, 1.807) is 0 Å². The van der Waals surface area contributed by atoms with Crippen LogP contribution in [0.1, 0.15) is 25.7 Å². The van der Waals surface area contributed by atoms with Gasteiger partial charge in [-0.15, -0.1) is 0 Å². The van der Waals surface area contributed by atoms with Gasteiger partial charge in [0.2, 0.25) is 0 Å². The summed E-state index contributed by atoms with van der Waals surface area (Å²) in [7, 11) is 0. The summed E-state index contributed by atoms with van der Waals surface area (Å²) in [5.41, 5.74) is 1.74. The molecule has 0 amide bonds. The van der Waals surface area contributed by atoms with Crippen LogP contribution >= 0.6 is 0 Å². The Kier molecular flexibility index (Phi) is 4.37. The van der Waals surface area contributed by atoms with E-state index in [9.17, 15) is 4.79 Å². The maximum Gasteiger partial charge on any atom is 0.303 e. The summed E-state index contributed by atoms with van der Waals surface area (Å²) < 4.78 is 0. The van der Waals surface area contributed by atoms with Gasteiger partial charge >= 0.3 is 5.97 Å². The smallest absolute Gasteiger partial charge is 0.303 e. The third-order valence-electron chi connectivity index (χ3n) is 3.82. The van der Waals surface area contributed by atoms with Crippen LogP contribution in [0.3, 0.4) is 0 Å². The van der Waals surface area contributed by atoms with Crippen molar-refractivity contribution in [3.8, 4) is 0 Å². The average Bonchev–Trinajstić information content (AvgIpc) is 3.04. The van der Waals surface area contributed by atoms with Gasteiger partial charge in [-0.05, 0) is 31.4 Å².